The van der Waals surface area contributed by atoms with Gasteiger partial charge in [-0.3, -0.25) is 4.98 Å². The lowest BCUT2D eigenvalue weighted by Crippen LogP contribution is -2.47. The lowest BCUT2D eigenvalue weighted by molar-refractivity contribution is -0.0622. The normalized spacial score (nSPS) is 21.0. The largest absolute Gasteiger partial charge is 0.379 e. The van der Waals surface area contributed by atoms with Gasteiger partial charge in [0, 0.05) is 19.3 Å². The second-order valence-electron chi connectivity index (χ2n) is 6.64. The van der Waals surface area contributed by atoms with Crippen molar-refractivity contribution in [2.75, 3.05) is 25.6 Å². The predicted molar refractivity (Wildman–Crippen MR) is 97.6 cm³/mol. The number of aromatic amines is 1. The molecule has 1 fully saturated rings. The first kappa shape index (κ1) is 19.2. The summed E-state index contributed by atoms with van der Waals surface area (Å²) in [6.07, 6.45) is 0.0689. The fraction of sp³-hybridized carbons (Fsp3) is 0.500. The van der Waals surface area contributed by atoms with E-state index >= 15 is 0 Å². The molecule has 0 bridgehead atoms. The van der Waals surface area contributed by atoms with Crippen LogP contribution in [-0.2, 0) is 9.47 Å². The molecule has 146 valence electrons. The van der Waals surface area contributed by atoms with E-state index in [9.17, 15) is 14.0 Å². The van der Waals surface area contributed by atoms with E-state index in [0.29, 0.717) is 25.2 Å². The number of nitrogens with zero attached hydrogens (tertiary/aromatic N) is 2. The van der Waals surface area contributed by atoms with Crippen LogP contribution >= 0.6 is 0 Å². The minimum Gasteiger partial charge on any atom is -0.379 e. The Kier molecular flexibility index (Phi) is 5.71. The quantitative estimate of drug-likeness (QED) is 0.819. The summed E-state index contributed by atoms with van der Waals surface area (Å²) >= 11 is 0. The number of H-pyrrole nitrogens is 1. The number of hydrogen-bond donors (Lipinski definition) is 2. The number of ether oxygens (including phenoxy) is 2. The van der Waals surface area contributed by atoms with Gasteiger partial charge in [0.1, 0.15) is 11.9 Å². The highest BCUT2D eigenvalue weighted by atomic mass is 19.1. The monoisotopic (exact) mass is 378 g/mol. The number of halogens is 1. The molecular formula is C18H23FN4O4. The molecule has 2 N–H and O–H groups in total. The van der Waals surface area contributed by atoms with Crippen molar-refractivity contribution >= 4 is 5.95 Å². The molecule has 3 rings (SSSR count). The zero-order chi connectivity index (χ0) is 19.6. The molecule has 0 aliphatic carbocycles. The van der Waals surface area contributed by atoms with Crippen LogP contribution in [0.5, 0.6) is 0 Å². The summed E-state index contributed by atoms with van der Waals surface area (Å²) in [5.41, 5.74) is 0.0447. The summed E-state index contributed by atoms with van der Waals surface area (Å²) in [6.45, 7) is 4.32. The third-order valence-corrected chi connectivity index (χ3v) is 4.73. The number of anilines is 1. The molecule has 2 aromatic rings. The van der Waals surface area contributed by atoms with E-state index < -0.39 is 29.6 Å². The highest BCUT2D eigenvalue weighted by Crippen LogP contribution is 2.22. The fourth-order valence-corrected chi connectivity index (χ4v) is 3.29. The molecule has 0 unspecified atom stereocenters. The average molecular weight is 378 g/mol. The zero-order valence-corrected chi connectivity index (χ0v) is 15.5. The van der Waals surface area contributed by atoms with E-state index in [-0.39, 0.29) is 11.8 Å². The standard InChI is InChI=1S/C18H23FN4O4/c1-10-4-5-13(19)12(8-10)11(2)20-16-21-17(24)23(18(25)22-16)14-6-7-27-9-15(14)26-3/h4-5,8,11,14-15H,6-7,9H2,1-3H3,(H2,20,21,22,24,25)/t11-,14+,15+/m0/s1. The number of hydrogen-bond acceptors (Lipinski definition) is 6. The van der Waals surface area contributed by atoms with Gasteiger partial charge >= 0.3 is 11.4 Å². The molecule has 1 aliphatic heterocycles. The van der Waals surface area contributed by atoms with Gasteiger partial charge in [0.2, 0.25) is 5.95 Å². The first-order valence-corrected chi connectivity index (χ1v) is 8.76. The van der Waals surface area contributed by atoms with Crippen molar-refractivity contribution in [2.45, 2.75) is 38.5 Å². The number of rotatable bonds is 5. The van der Waals surface area contributed by atoms with Gasteiger partial charge in [-0.05, 0) is 26.3 Å². The Balaban J connectivity index is 1.87. The first-order chi connectivity index (χ1) is 12.9. The minimum atomic E-state index is -0.688. The summed E-state index contributed by atoms with van der Waals surface area (Å²) < 4.78 is 25.8. The van der Waals surface area contributed by atoms with Gasteiger partial charge in [-0.2, -0.15) is 4.98 Å². The van der Waals surface area contributed by atoms with E-state index in [0.717, 1.165) is 10.1 Å². The zero-order valence-electron chi connectivity index (χ0n) is 15.5. The average Bonchev–Trinajstić information content (AvgIpc) is 2.63. The molecule has 27 heavy (non-hydrogen) atoms. The molecule has 3 atom stereocenters. The first-order valence-electron chi connectivity index (χ1n) is 8.76. The third kappa shape index (κ3) is 4.09. The lowest BCUT2D eigenvalue weighted by atomic mass is 10.1. The summed E-state index contributed by atoms with van der Waals surface area (Å²) in [7, 11) is 1.51. The molecule has 2 heterocycles. The Labute approximate surface area is 155 Å². The van der Waals surface area contributed by atoms with Crippen LogP contribution < -0.4 is 16.7 Å². The van der Waals surface area contributed by atoms with Crippen molar-refractivity contribution in [1.29, 1.82) is 0 Å². The van der Waals surface area contributed by atoms with Crippen molar-refractivity contribution in [3.8, 4) is 0 Å². The molecule has 0 amide bonds. The lowest BCUT2D eigenvalue weighted by Gasteiger charge is -2.30. The maximum absolute atomic E-state index is 14.0. The maximum atomic E-state index is 14.0. The van der Waals surface area contributed by atoms with Gasteiger partial charge < -0.3 is 14.8 Å². The van der Waals surface area contributed by atoms with Crippen LogP contribution in [0.15, 0.2) is 27.8 Å². The maximum Gasteiger partial charge on any atom is 0.355 e. The molecule has 0 saturated carbocycles. The van der Waals surface area contributed by atoms with Gasteiger partial charge in [0.15, 0.2) is 0 Å². The predicted octanol–water partition coefficient (Wildman–Crippen LogP) is 1.53. The van der Waals surface area contributed by atoms with Crippen LogP contribution in [0.2, 0.25) is 0 Å². The number of benzene rings is 1. The van der Waals surface area contributed by atoms with Crippen molar-refractivity contribution in [3.05, 3.63) is 56.1 Å². The van der Waals surface area contributed by atoms with Crippen LogP contribution in [0.4, 0.5) is 10.3 Å². The summed E-state index contributed by atoms with van der Waals surface area (Å²) in [6, 6.07) is 3.82. The Bertz CT molecular complexity index is 895. The topological polar surface area (TPSA) is 98.2 Å². The highest BCUT2D eigenvalue weighted by molar-refractivity contribution is 5.33. The van der Waals surface area contributed by atoms with Crippen LogP contribution in [0, 0.1) is 12.7 Å². The molecule has 1 aromatic heterocycles. The Morgan fingerprint density at radius 3 is 2.93 bits per heavy atom. The second kappa shape index (κ2) is 8.01. The van der Waals surface area contributed by atoms with Crippen LogP contribution in [-0.4, -0.2) is 41.0 Å². The van der Waals surface area contributed by atoms with Crippen LogP contribution in [0.25, 0.3) is 0 Å². The van der Waals surface area contributed by atoms with Gasteiger partial charge in [0.05, 0.1) is 18.7 Å². The van der Waals surface area contributed by atoms with Crippen molar-refractivity contribution in [1.82, 2.24) is 14.5 Å². The third-order valence-electron chi connectivity index (χ3n) is 4.73. The van der Waals surface area contributed by atoms with E-state index in [1.54, 1.807) is 19.1 Å². The summed E-state index contributed by atoms with van der Waals surface area (Å²) in [5, 5.41) is 2.89. The smallest absolute Gasteiger partial charge is 0.355 e. The van der Waals surface area contributed by atoms with Crippen molar-refractivity contribution in [3.63, 3.8) is 0 Å². The molecule has 0 radical (unpaired) electrons. The molecule has 8 nitrogen and oxygen atoms in total. The fourth-order valence-electron chi connectivity index (χ4n) is 3.29. The van der Waals surface area contributed by atoms with Gasteiger partial charge in [-0.1, -0.05) is 17.7 Å². The SMILES string of the molecule is CO[C@@H]1COCC[C@H]1n1c(=O)nc(N[C@@H](C)c2cc(C)ccc2F)[nH]c1=O. The molecule has 1 aliphatic rings. The molecular weight excluding hydrogens is 355 g/mol. The van der Waals surface area contributed by atoms with E-state index in [2.05, 4.69) is 15.3 Å². The van der Waals surface area contributed by atoms with Gasteiger partial charge in [0.25, 0.3) is 0 Å². The molecule has 1 aromatic carbocycles. The summed E-state index contributed by atoms with van der Waals surface area (Å²) in [4.78, 5) is 31.5. The number of aromatic nitrogens is 3. The second-order valence-corrected chi connectivity index (χ2v) is 6.64. The van der Waals surface area contributed by atoms with Crippen LogP contribution in [0.3, 0.4) is 0 Å². The highest BCUT2D eigenvalue weighted by Gasteiger charge is 2.30. The van der Waals surface area contributed by atoms with Gasteiger partial charge in [-0.15, -0.1) is 0 Å². The Hall–Kier alpha value is -2.52. The van der Waals surface area contributed by atoms with E-state index in [4.69, 9.17) is 9.47 Å². The number of aryl methyl sites for hydroxylation is 1. The molecule has 1 saturated heterocycles. The van der Waals surface area contributed by atoms with E-state index in [1.807, 2.05) is 6.92 Å². The van der Waals surface area contributed by atoms with Gasteiger partial charge in [-0.25, -0.2) is 18.5 Å². The van der Waals surface area contributed by atoms with Crippen molar-refractivity contribution < 1.29 is 13.9 Å². The molecule has 0 spiro atoms. The summed E-state index contributed by atoms with van der Waals surface area (Å²) in [5.74, 6) is -0.378. The van der Waals surface area contributed by atoms with Crippen molar-refractivity contribution in [2.24, 2.45) is 0 Å². The number of methoxy groups -OCH3 is 1. The van der Waals surface area contributed by atoms with E-state index in [1.165, 1.54) is 13.2 Å². The Morgan fingerprint density at radius 2 is 2.22 bits per heavy atom. The molecule has 9 heteroatoms. The Morgan fingerprint density at radius 1 is 1.44 bits per heavy atom. The number of nitrogens with one attached hydrogen (secondary N) is 2. The van der Waals surface area contributed by atoms with Crippen LogP contribution in [0.1, 0.15) is 36.6 Å². The minimum absolute atomic E-state index is 0.00400.